The van der Waals surface area contributed by atoms with Crippen molar-refractivity contribution in [1.29, 1.82) is 5.26 Å². The molecule has 1 N–H and O–H groups in total. The molecule has 0 bridgehead atoms. The van der Waals surface area contributed by atoms with Crippen LogP contribution in [0.3, 0.4) is 0 Å². The van der Waals surface area contributed by atoms with E-state index in [0.717, 1.165) is 5.52 Å². The molecule has 0 aliphatic rings. The number of fused-ring (bicyclic) bond motifs is 3. The Morgan fingerprint density at radius 3 is 2.60 bits per heavy atom. The number of para-hydroxylation sites is 2. The van der Waals surface area contributed by atoms with Crippen LogP contribution in [-0.2, 0) is 0 Å². The number of ether oxygens (including phenoxy) is 1. The highest BCUT2D eigenvalue weighted by atomic mass is 16.6. The number of rotatable bonds is 2. The second-order valence-corrected chi connectivity index (χ2v) is 6.28. The van der Waals surface area contributed by atoms with Crippen molar-refractivity contribution in [2.45, 2.75) is 19.8 Å². The molecular weight excluding hydrogens is 320 g/mol. The predicted molar refractivity (Wildman–Crippen MR) is 94.0 cm³/mol. The van der Waals surface area contributed by atoms with E-state index in [1.54, 1.807) is 6.07 Å². The number of nitrogens with one attached hydrogen (secondary N) is 1. The van der Waals surface area contributed by atoms with Gasteiger partial charge in [0.25, 0.3) is 5.56 Å². The molecule has 0 fully saturated rings. The number of benzene rings is 1. The van der Waals surface area contributed by atoms with Gasteiger partial charge in [0.1, 0.15) is 17.3 Å². The van der Waals surface area contributed by atoms with Crippen LogP contribution >= 0.6 is 0 Å². The number of hydrogen-bond acceptors (Lipinski definition) is 4. The average molecular weight is 338 g/mol. The van der Waals surface area contributed by atoms with Gasteiger partial charge in [0.2, 0.25) is 0 Å². The standard InChI is InChI=1S/C18H18N4O3/c1-10(2)14-15(25-18(24)21(3)4)11(9-19)16-20-12-7-5-6-8-13(12)22(16)17(14)23/h5-8,10,20H,1-4H3. The molecule has 0 saturated heterocycles. The molecule has 25 heavy (non-hydrogen) atoms. The number of H-pyrrole nitrogens is 1. The van der Waals surface area contributed by atoms with Gasteiger partial charge in [0.05, 0.1) is 16.6 Å². The summed E-state index contributed by atoms with van der Waals surface area (Å²) < 4.78 is 6.87. The van der Waals surface area contributed by atoms with Crippen molar-refractivity contribution in [1.82, 2.24) is 14.3 Å². The van der Waals surface area contributed by atoms with Crippen molar-refractivity contribution in [2.24, 2.45) is 0 Å². The first-order valence-corrected chi connectivity index (χ1v) is 7.85. The highest BCUT2D eigenvalue weighted by molar-refractivity contribution is 5.84. The van der Waals surface area contributed by atoms with Crippen LogP contribution in [0.2, 0.25) is 0 Å². The van der Waals surface area contributed by atoms with E-state index in [-0.39, 0.29) is 22.8 Å². The molecule has 7 nitrogen and oxygen atoms in total. The smallest absolute Gasteiger partial charge is 0.408 e. The molecule has 128 valence electrons. The molecule has 2 aromatic heterocycles. The number of pyridine rings is 1. The van der Waals surface area contributed by atoms with Crippen molar-refractivity contribution < 1.29 is 9.53 Å². The number of aromatic amines is 1. The zero-order chi connectivity index (χ0) is 18.3. The minimum atomic E-state index is -0.640. The maximum atomic E-state index is 13.1. The van der Waals surface area contributed by atoms with Gasteiger partial charge in [-0.05, 0) is 18.1 Å². The van der Waals surface area contributed by atoms with Crippen molar-refractivity contribution in [3.8, 4) is 11.8 Å². The van der Waals surface area contributed by atoms with Gasteiger partial charge in [-0.3, -0.25) is 9.20 Å². The Bertz CT molecular complexity index is 1080. The first-order valence-electron chi connectivity index (χ1n) is 7.85. The van der Waals surface area contributed by atoms with Gasteiger partial charge in [-0.15, -0.1) is 0 Å². The van der Waals surface area contributed by atoms with Gasteiger partial charge in [0, 0.05) is 14.1 Å². The summed E-state index contributed by atoms with van der Waals surface area (Å²) in [6.45, 7) is 3.65. The van der Waals surface area contributed by atoms with Crippen LogP contribution in [-0.4, -0.2) is 34.5 Å². The zero-order valence-electron chi connectivity index (χ0n) is 14.5. The summed E-state index contributed by atoms with van der Waals surface area (Å²) in [7, 11) is 3.08. The molecule has 0 radical (unpaired) electrons. The molecule has 3 aromatic rings. The predicted octanol–water partition coefficient (Wildman–Crippen LogP) is 2.84. The highest BCUT2D eigenvalue weighted by Crippen LogP contribution is 2.31. The number of nitrogens with zero attached hydrogens (tertiary/aromatic N) is 3. The van der Waals surface area contributed by atoms with Crippen LogP contribution in [0.5, 0.6) is 5.75 Å². The lowest BCUT2D eigenvalue weighted by Crippen LogP contribution is -2.29. The first-order chi connectivity index (χ1) is 11.9. The normalized spacial score (nSPS) is 11.0. The summed E-state index contributed by atoms with van der Waals surface area (Å²) in [6, 6.07) is 9.37. The van der Waals surface area contributed by atoms with Gasteiger partial charge in [0.15, 0.2) is 5.75 Å². The van der Waals surface area contributed by atoms with Crippen LogP contribution < -0.4 is 10.3 Å². The minimum Gasteiger partial charge on any atom is -0.408 e. The van der Waals surface area contributed by atoms with Crippen LogP contribution in [0.25, 0.3) is 16.7 Å². The monoisotopic (exact) mass is 338 g/mol. The number of amides is 1. The lowest BCUT2D eigenvalue weighted by atomic mass is 10.0. The molecule has 0 aliphatic heterocycles. The largest absolute Gasteiger partial charge is 0.414 e. The third-order valence-electron chi connectivity index (χ3n) is 4.01. The molecular formula is C18H18N4O3. The Hall–Kier alpha value is -3.27. The highest BCUT2D eigenvalue weighted by Gasteiger charge is 2.26. The Labute approximate surface area is 144 Å². The number of carbonyl (C=O) groups is 1. The number of nitriles is 1. The van der Waals surface area contributed by atoms with Gasteiger partial charge >= 0.3 is 6.09 Å². The summed E-state index contributed by atoms with van der Waals surface area (Å²) in [4.78, 5) is 29.5. The van der Waals surface area contributed by atoms with E-state index in [1.807, 2.05) is 32.0 Å². The third kappa shape index (κ3) is 2.52. The molecule has 0 spiro atoms. The van der Waals surface area contributed by atoms with Gasteiger partial charge in [-0.25, -0.2) is 4.79 Å². The van der Waals surface area contributed by atoms with E-state index in [1.165, 1.54) is 23.4 Å². The summed E-state index contributed by atoms with van der Waals surface area (Å²) in [5.74, 6) is -0.206. The second-order valence-electron chi connectivity index (χ2n) is 6.28. The van der Waals surface area contributed by atoms with Crippen LogP contribution in [0.4, 0.5) is 4.79 Å². The minimum absolute atomic E-state index is 0.0211. The van der Waals surface area contributed by atoms with E-state index in [4.69, 9.17) is 4.74 Å². The van der Waals surface area contributed by atoms with E-state index in [2.05, 4.69) is 11.1 Å². The van der Waals surface area contributed by atoms with E-state index in [9.17, 15) is 14.9 Å². The van der Waals surface area contributed by atoms with Crippen LogP contribution in [0.1, 0.15) is 30.9 Å². The third-order valence-corrected chi connectivity index (χ3v) is 4.01. The maximum absolute atomic E-state index is 13.1. The summed E-state index contributed by atoms with van der Waals surface area (Å²) in [6.07, 6.45) is -0.640. The van der Waals surface area contributed by atoms with Crippen molar-refractivity contribution in [3.05, 3.63) is 45.7 Å². The fraction of sp³-hybridized carbons (Fsp3) is 0.278. The fourth-order valence-electron chi connectivity index (χ4n) is 2.82. The van der Waals surface area contributed by atoms with Crippen LogP contribution in [0.15, 0.2) is 29.1 Å². The maximum Gasteiger partial charge on any atom is 0.414 e. The molecule has 1 amide bonds. The summed E-state index contributed by atoms with van der Waals surface area (Å²) in [5.41, 5.74) is 1.85. The van der Waals surface area contributed by atoms with E-state index >= 15 is 0 Å². The fourth-order valence-corrected chi connectivity index (χ4v) is 2.82. The topological polar surface area (TPSA) is 90.6 Å². The van der Waals surface area contributed by atoms with Crippen LogP contribution in [0, 0.1) is 11.3 Å². The van der Waals surface area contributed by atoms with E-state index < -0.39 is 6.09 Å². The molecule has 2 heterocycles. The van der Waals surface area contributed by atoms with Crippen molar-refractivity contribution in [2.75, 3.05) is 14.1 Å². The summed E-state index contributed by atoms with van der Waals surface area (Å²) >= 11 is 0. The Morgan fingerprint density at radius 2 is 2.00 bits per heavy atom. The average Bonchev–Trinajstić information content (AvgIpc) is 2.94. The summed E-state index contributed by atoms with van der Waals surface area (Å²) in [5, 5.41) is 9.70. The number of imidazole rings is 1. The molecule has 0 atom stereocenters. The molecule has 0 aliphatic carbocycles. The molecule has 1 aromatic carbocycles. The molecule has 0 saturated carbocycles. The molecule has 3 rings (SSSR count). The van der Waals surface area contributed by atoms with Gasteiger partial charge in [-0.1, -0.05) is 26.0 Å². The number of hydrogen-bond donors (Lipinski definition) is 1. The van der Waals surface area contributed by atoms with Crippen molar-refractivity contribution >= 4 is 22.8 Å². The quantitative estimate of drug-likeness (QED) is 0.778. The number of aromatic nitrogens is 2. The SMILES string of the molecule is CC(C)c1c(OC(=O)N(C)C)c(C#N)c2[nH]c3ccccc3n2c1=O. The van der Waals surface area contributed by atoms with Gasteiger partial charge < -0.3 is 14.6 Å². The second kappa shape index (κ2) is 5.98. The lowest BCUT2D eigenvalue weighted by molar-refractivity contribution is 0.171. The Balaban J connectivity index is 2.48. The first kappa shape index (κ1) is 16.6. The zero-order valence-corrected chi connectivity index (χ0v) is 14.5. The van der Waals surface area contributed by atoms with Crippen molar-refractivity contribution in [3.63, 3.8) is 0 Å². The number of carbonyl (C=O) groups excluding carboxylic acids is 1. The molecule has 0 unspecified atom stereocenters. The van der Waals surface area contributed by atoms with Gasteiger partial charge in [-0.2, -0.15) is 5.26 Å². The van der Waals surface area contributed by atoms with E-state index in [0.29, 0.717) is 16.7 Å². The Kier molecular flexibility index (Phi) is 3.97. The Morgan fingerprint density at radius 1 is 1.32 bits per heavy atom. The lowest BCUT2D eigenvalue weighted by Gasteiger charge is -2.17. The molecule has 7 heteroatoms.